The molecule has 0 aliphatic rings. The lowest BCUT2D eigenvalue weighted by molar-refractivity contribution is 0.0447. The van der Waals surface area contributed by atoms with Crippen molar-refractivity contribution in [2.24, 2.45) is 5.92 Å². The van der Waals surface area contributed by atoms with Crippen LogP contribution in [-0.4, -0.2) is 32.4 Å². The molecule has 7 heteroatoms. The predicted octanol–water partition coefficient (Wildman–Crippen LogP) is 12.9. The monoisotopic (exact) mass is 760 g/mol. The van der Waals surface area contributed by atoms with Crippen molar-refractivity contribution in [2.75, 3.05) is 26.4 Å². The van der Waals surface area contributed by atoms with Crippen LogP contribution in [0, 0.1) is 5.92 Å². The highest BCUT2D eigenvalue weighted by Crippen LogP contribution is 2.26. The molecule has 0 aliphatic carbocycles. The van der Waals surface area contributed by atoms with Gasteiger partial charge in [-0.3, -0.25) is 4.79 Å². The number of esters is 1. The Kier molecular flexibility index (Phi) is 17.4. The summed E-state index contributed by atoms with van der Waals surface area (Å²) in [5.74, 6) is 2.42. The zero-order valence-corrected chi connectivity index (χ0v) is 33.7. The summed E-state index contributed by atoms with van der Waals surface area (Å²) >= 11 is 0. The zero-order chi connectivity index (χ0) is 39.4. The van der Waals surface area contributed by atoms with E-state index in [0.29, 0.717) is 60.2 Å². The maximum atomic E-state index is 13.3. The summed E-state index contributed by atoms with van der Waals surface area (Å²) in [4.78, 5) is 25.6. The molecule has 4 aromatic carbocycles. The van der Waals surface area contributed by atoms with Crippen LogP contribution < -0.4 is 19.6 Å². The summed E-state index contributed by atoms with van der Waals surface area (Å²) in [6.07, 6.45) is 16.6. The van der Waals surface area contributed by atoms with Crippen LogP contribution in [0.3, 0.4) is 0 Å². The molecule has 0 spiro atoms. The maximum absolute atomic E-state index is 13.3. The third-order valence-corrected chi connectivity index (χ3v) is 10.3. The van der Waals surface area contributed by atoms with Gasteiger partial charge in [0.1, 0.15) is 29.1 Å². The Morgan fingerprint density at radius 1 is 0.589 bits per heavy atom. The Hall–Kier alpha value is -5.04. The van der Waals surface area contributed by atoms with E-state index in [1.165, 1.54) is 51.2 Å². The van der Waals surface area contributed by atoms with E-state index in [1.54, 1.807) is 12.1 Å². The summed E-state index contributed by atoms with van der Waals surface area (Å²) in [6, 6.07) is 28.7. The highest BCUT2D eigenvalue weighted by atomic mass is 16.5. The van der Waals surface area contributed by atoms with E-state index < -0.39 is 0 Å². The lowest BCUT2D eigenvalue weighted by Crippen LogP contribution is -2.11. The molecule has 1 heterocycles. The Balaban J connectivity index is 0.961. The highest BCUT2D eigenvalue weighted by molar-refractivity contribution is 5.90. The van der Waals surface area contributed by atoms with Crippen molar-refractivity contribution in [2.45, 2.75) is 104 Å². The second-order valence-corrected chi connectivity index (χ2v) is 14.8. The minimum absolute atomic E-state index is 0.0638. The largest absolute Gasteiger partial charge is 0.494 e. The number of ether oxygens (including phenoxy) is 4. The fourth-order valence-electron chi connectivity index (χ4n) is 6.45. The first-order chi connectivity index (χ1) is 27.4. The molecule has 1 atom stereocenters. The number of rotatable bonds is 25. The summed E-state index contributed by atoms with van der Waals surface area (Å²) in [5.41, 5.74) is 4.44. The number of carbonyl (C=O) groups is 1. The maximum Gasteiger partial charge on any atom is 0.338 e. The van der Waals surface area contributed by atoms with Crippen molar-refractivity contribution in [3.05, 3.63) is 113 Å². The van der Waals surface area contributed by atoms with Gasteiger partial charge in [0.2, 0.25) is 0 Å². The SMILES string of the molecule is CCCCCCCCCCOc1ccc(-c2coc3cc(OCCCCCCOc4ccc(-c5ccc(C(=O)OC[C@@H](C)CC)cc5)cc4)ccc3c2=O)cc1. The smallest absolute Gasteiger partial charge is 0.338 e. The summed E-state index contributed by atoms with van der Waals surface area (Å²) in [7, 11) is 0. The van der Waals surface area contributed by atoms with E-state index in [0.717, 1.165) is 66.7 Å². The van der Waals surface area contributed by atoms with Crippen molar-refractivity contribution in [1.82, 2.24) is 0 Å². The zero-order valence-electron chi connectivity index (χ0n) is 33.7. The number of hydrogen-bond donors (Lipinski definition) is 0. The van der Waals surface area contributed by atoms with Crippen LogP contribution in [0.2, 0.25) is 0 Å². The van der Waals surface area contributed by atoms with Crippen molar-refractivity contribution >= 4 is 16.9 Å². The standard InChI is InChI=1S/C49H60O7/c1-4-6-7-8-9-10-11-14-31-53-43-27-23-40(24-28-43)46-36-55-47-34-44(29-30-45(47)48(46)50)54-33-16-13-12-15-32-52-42-25-21-39(22-26-42)38-17-19-41(20-18-38)49(51)56-35-37(3)5-2/h17-30,34,36-37H,4-16,31-33,35H2,1-3H3/t37-/m0/s1. The lowest BCUT2D eigenvalue weighted by Gasteiger charge is -2.10. The van der Waals surface area contributed by atoms with Gasteiger partial charge in [-0.25, -0.2) is 4.79 Å². The number of benzene rings is 4. The summed E-state index contributed by atoms with van der Waals surface area (Å²) in [6.45, 7) is 8.80. The first-order valence-corrected chi connectivity index (χ1v) is 20.9. The number of hydrogen-bond acceptors (Lipinski definition) is 7. The van der Waals surface area contributed by atoms with E-state index >= 15 is 0 Å². The van der Waals surface area contributed by atoms with E-state index in [-0.39, 0.29) is 11.4 Å². The molecule has 0 saturated heterocycles. The predicted molar refractivity (Wildman–Crippen MR) is 227 cm³/mol. The fraction of sp³-hybridized carbons (Fsp3) is 0.429. The van der Waals surface area contributed by atoms with Gasteiger partial charge in [0.15, 0.2) is 5.43 Å². The highest BCUT2D eigenvalue weighted by Gasteiger charge is 2.12. The van der Waals surface area contributed by atoms with E-state index in [1.807, 2.05) is 78.9 Å². The molecule has 5 rings (SSSR count). The average molecular weight is 761 g/mol. The van der Waals surface area contributed by atoms with Gasteiger partial charge in [-0.2, -0.15) is 0 Å². The second kappa shape index (κ2) is 23.1. The van der Waals surface area contributed by atoms with Gasteiger partial charge in [-0.15, -0.1) is 0 Å². The van der Waals surface area contributed by atoms with E-state index in [9.17, 15) is 9.59 Å². The Morgan fingerprint density at radius 2 is 1.07 bits per heavy atom. The van der Waals surface area contributed by atoms with Crippen molar-refractivity contribution in [3.63, 3.8) is 0 Å². The van der Waals surface area contributed by atoms with Gasteiger partial charge in [0, 0.05) is 6.07 Å². The molecule has 0 unspecified atom stereocenters. The lowest BCUT2D eigenvalue weighted by atomic mass is 10.0. The quantitative estimate of drug-likeness (QED) is 0.0432. The molecule has 0 aliphatic heterocycles. The van der Waals surface area contributed by atoms with Crippen LogP contribution in [0.4, 0.5) is 0 Å². The Labute approximate surface area is 333 Å². The second-order valence-electron chi connectivity index (χ2n) is 14.8. The molecule has 0 bridgehead atoms. The van der Waals surface area contributed by atoms with Gasteiger partial charge in [-0.05, 0) is 103 Å². The van der Waals surface area contributed by atoms with Gasteiger partial charge >= 0.3 is 5.97 Å². The third kappa shape index (κ3) is 13.3. The van der Waals surface area contributed by atoms with Gasteiger partial charge in [0.25, 0.3) is 0 Å². The van der Waals surface area contributed by atoms with Crippen molar-refractivity contribution < 1.29 is 28.2 Å². The summed E-state index contributed by atoms with van der Waals surface area (Å²) < 4.78 is 29.2. The molecule has 0 fully saturated rings. The fourth-order valence-corrected chi connectivity index (χ4v) is 6.45. The van der Waals surface area contributed by atoms with Crippen molar-refractivity contribution in [1.29, 1.82) is 0 Å². The Bertz CT molecular complexity index is 1950. The molecule has 56 heavy (non-hydrogen) atoms. The molecular weight excluding hydrogens is 701 g/mol. The third-order valence-electron chi connectivity index (χ3n) is 10.3. The minimum Gasteiger partial charge on any atom is -0.494 e. The van der Waals surface area contributed by atoms with Crippen LogP contribution in [0.15, 0.2) is 106 Å². The molecule has 7 nitrogen and oxygen atoms in total. The van der Waals surface area contributed by atoms with Gasteiger partial charge in [0.05, 0.1) is 42.9 Å². The van der Waals surface area contributed by atoms with Crippen LogP contribution in [-0.2, 0) is 4.74 Å². The molecule has 298 valence electrons. The van der Waals surface area contributed by atoms with Gasteiger partial charge < -0.3 is 23.4 Å². The average Bonchev–Trinajstić information content (AvgIpc) is 3.23. The van der Waals surface area contributed by atoms with Crippen LogP contribution in [0.25, 0.3) is 33.2 Å². The van der Waals surface area contributed by atoms with Crippen LogP contribution >= 0.6 is 0 Å². The first-order valence-electron chi connectivity index (χ1n) is 20.9. The molecular formula is C49H60O7. The molecule has 0 radical (unpaired) electrons. The molecule has 5 aromatic rings. The molecule has 0 amide bonds. The van der Waals surface area contributed by atoms with Gasteiger partial charge in [-0.1, -0.05) is 109 Å². The van der Waals surface area contributed by atoms with Crippen LogP contribution in [0.1, 0.15) is 115 Å². The van der Waals surface area contributed by atoms with Crippen LogP contribution in [0.5, 0.6) is 17.2 Å². The first kappa shape index (κ1) is 42.1. The van der Waals surface area contributed by atoms with Crippen molar-refractivity contribution in [3.8, 4) is 39.5 Å². The normalized spacial score (nSPS) is 11.7. The Morgan fingerprint density at radius 3 is 1.62 bits per heavy atom. The van der Waals surface area contributed by atoms with E-state index in [2.05, 4.69) is 20.8 Å². The molecule has 0 N–H and O–H groups in total. The topological polar surface area (TPSA) is 84.2 Å². The van der Waals surface area contributed by atoms with E-state index in [4.69, 9.17) is 23.4 Å². The molecule has 1 aromatic heterocycles. The molecule has 0 saturated carbocycles. The number of unbranched alkanes of at least 4 members (excludes halogenated alkanes) is 10. The number of fused-ring (bicyclic) bond motifs is 1. The summed E-state index contributed by atoms with van der Waals surface area (Å²) in [5, 5.41) is 0.532. The number of carbonyl (C=O) groups excluding carboxylic acids is 1. The minimum atomic E-state index is -0.281.